The second-order valence-corrected chi connectivity index (χ2v) is 9.24. The third-order valence-electron chi connectivity index (χ3n) is 5.72. The van der Waals surface area contributed by atoms with Crippen molar-refractivity contribution < 1.29 is 9.53 Å². The van der Waals surface area contributed by atoms with Crippen LogP contribution in [0.15, 0.2) is 72.8 Å². The fraction of sp³-hybridized carbons (Fsp3) is 0.111. The molecule has 0 fully saturated rings. The van der Waals surface area contributed by atoms with Gasteiger partial charge in [0.2, 0.25) is 0 Å². The van der Waals surface area contributed by atoms with Crippen molar-refractivity contribution in [3.63, 3.8) is 0 Å². The van der Waals surface area contributed by atoms with Crippen LogP contribution in [0.3, 0.4) is 0 Å². The maximum Gasteiger partial charge on any atom is 0.268 e. The van der Waals surface area contributed by atoms with E-state index in [9.17, 15) is 10.1 Å². The summed E-state index contributed by atoms with van der Waals surface area (Å²) in [6, 6.07) is 25.1. The van der Waals surface area contributed by atoms with Crippen molar-refractivity contribution in [3.05, 3.63) is 93.8 Å². The smallest absolute Gasteiger partial charge is 0.268 e. The number of ether oxygens (including phenoxy) is 1. The van der Waals surface area contributed by atoms with Crippen molar-refractivity contribution in [3.8, 4) is 33.4 Å². The molecular formula is C27H19ClN2O2S. The standard InChI is InChI=1S/C27H19ClN2O2S/c1-30(23-8-3-2-7-22(23)28)27(31)25-15-20-11-12-32-24-14-19(9-10-21(24)26(20)33-25)18-6-4-5-17(13-18)16-29/h2-10,13-15H,11-12H2,1H3. The van der Waals surface area contributed by atoms with E-state index < -0.39 is 0 Å². The molecular weight excluding hydrogens is 452 g/mol. The predicted octanol–water partition coefficient (Wildman–Crippen LogP) is 6.82. The van der Waals surface area contributed by atoms with Crippen LogP contribution in [0.1, 0.15) is 20.8 Å². The maximum atomic E-state index is 13.2. The van der Waals surface area contributed by atoms with E-state index in [1.165, 1.54) is 11.3 Å². The lowest BCUT2D eigenvalue weighted by atomic mass is 10.00. The summed E-state index contributed by atoms with van der Waals surface area (Å²) in [6.45, 7) is 0.534. The number of hydrogen-bond donors (Lipinski definition) is 0. The molecule has 0 aliphatic carbocycles. The van der Waals surface area contributed by atoms with Gasteiger partial charge in [0.1, 0.15) is 5.75 Å². The maximum absolute atomic E-state index is 13.2. The third kappa shape index (κ3) is 4.00. The molecule has 1 aliphatic rings. The Morgan fingerprint density at radius 1 is 1.06 bits per heavy atom. The molecule has 33 heavy (non-hydrogen) atoms. The number of para-hydroxylation sites is 1. The molecule has 1 amide bonds. The molecule has 0 atom stereocenters. The number of hydrogen-bond acceptors (Lipinski definition) is 4. The summed E-state index contributed by atoms with van der Waals surface area (Å²) >= 11 is 7.78. The number of rotatable bonds is 3. The van der Waals surface area contributed by atoms with Gasteiger partial charge in [-0.2, -0.15) is 5.26 Å². The minimum Gasteiger partial charge on any atom is -0.493 e. The zero-order valence-corrected chi connectivity index (χ0v) is 19.4. The first-order valence-corrected chi connectivity index (χ1v) is 11.7. The first-order chi connectivity index (χ1) is 16.0. The lowest BCUT2D eigenvalue weighted by Gasteiger charge is -2.17. The van der Waals surface area contributed by atoms with E-state index in [2.05, 4.69) is 6.07 Å². The number of thiophene rings is 1. The molecule has 6 heteroatoms. The molecule has 1 aliphatic heterocycles. The Morgan fingerprint density at radius 2 is 1.88 bits per heavy atom. The Labute approximate surface area is 201 Å². The first kappa shape index (κ1) is 21.3. The topological polar surface area (TPSA) is 53.3 Å². The zero-order chi connectivity index (χ0) is 22.9. The Balaban J connectivity index is 1.51. The molecule has 162 valence electrons. The van der Waals surface area contributed by atoms with Crippen LogP contribution < -0.4 is 9.64 Å². The van der Waals surface area contributed by atoms with E-state index >= 15 is 0 Å². The lowest BCUT2D eigenvalue weighted by Crippen LogP contribution is -2.25. The van der Waals surface area contributed by atoms with E-state index in [1.54, 1.807) is 24.1 Å². The molecule has 0 spiro atoms. The van der Waals surface area contributed by atoms with E-state index in [0.717, 1.165) is 39.3 Å². The van der Waals surface area contributed by atoms with Crippen LogP contribution in [-0.4, -0.2) is 19.6 Å². The SMILES string of the molecule is CN(C(=O)c1cc2c(s1)-c1ccc(-c3cccc(C#N)c3)cc1OCC2)c1ccccc1Cl. The van der Waals surface area contributed by atoms with Gasteiger partial charge < -0.3 is 9.64 Å². The number of benzene rings is 3. The number of fused-ring (bicyclic) bond motifs is 3. The third-order valence-corrected chi connectivity index (χ3v) is 7.24. The van der Waals surface area contributed by atoms with Gasteiger partial charge in [-0.05, 0) is 59.2 Å². The van der Waals surface area contributed by atoms with Crippen LogP contribution >= 0.6 is 22.9 Å². The largest absolute Gasteiger partial charge is 0.493 e. The highest BCUT2D eigenvalue weighted by molar-refractivity contribution is 7.17. The molecule has 0 unspecified atom stereocenters. The molecule has 0 radical (unpaired) electrons. The molecule has 0 saturated carbocycles. The highest BCUT2D eigenvalue weighted by atomic mass is 35.5. The van der Waals surface area contributed by atoms with Gasteiger partial charge in [-0.15, -0.1) is 11.3 Å². The van der Waals surface area contributed by atoms with Gasteiger partial charge in [-0.3, -0.25) is 4.79 Å². The van der Waals surface area contributed by atoms with Crippen molar-refractivity contribution >= 4 is 34.5 Å². The lowest BCUT2D eigenvalue weighted by molar-refractivity contribution is 0.0996. The van der Waals surface area contributed by atoms with Gasteiger partial charge in [0, 0.05) is 23.9 Å². The molecule has 4 aromatic rings. The van der Waals surface area contributed by atoms with Crippen LogP contribution in [0.25, 0.3) is 21.6 Å². The zero-order valence-electron chi connectivity index (χ0n) is 17.8. The average Bonchev–Trinajstić information content (AvgIpc) is 3.19. The molecule has 4 nitrogen and oxygen atoms in total. The number of nitriles is 1. The fourth-order valence-corrected chi connectivity index (χ4v) is 5.47. The average molecular weight is 471 g/mol. The quantitative estimate of drug-likeness (QED) is 0.330. The molecule has 0 saturated heterocycles. The molecule has 5 rings (SSSR count). The summed E-state index contributed by atoms with van der Waals surface area (Å²) in [5.41, 5.74) is 5.34. The Kier molecular flexibility index (Phi) is 5.63. The van der Waals surface area contributed by atoms with Crippen molar-refractivity contribution in [2.75, 3.05) is 18.6 Å². The number of anilines is 1. The first-order valence-electron chi connectivity index (χ1n) is 10.5. The summed E-state index contributed by atoms with van der Waals surface area (Å²) in [7, 11) is 1.74. The van der Waals surface area contributed by atoms with Crippen molar-refractivity contribution in [2.24, 2.45) is 0 Å². The van der Waals surface area contributed by atoms with Gasteiger partial charge in [-0.25, -0.2) is 0 Å². The highest BCUT2D eigenvalue weighted by Crippen LogP contribution is 2.43. The predicted molar refractivity (Wildman–Crippen MR) is 133 cm³/mol. The summed E-state index contributed by atoms with van der Waals surface area (Å²) in [6.07, 6.45) is 0.725. The molecule has 0 bridgehead atoms. The van der Waals surface area contributed by atoms with Gasteiger partial charge in [0.05, 0.1) is 33.8 Å². The number of halogens is 1. The second-order valence-electron chi connectivity index (χ2n) is 7.78. The van der Waals surface area contributed by atoms with E-state index in [-0.39, 0.29) is 5.91 Å². The van der Waals surface area contributed by atoms with Crippen LogP contribution in [-0.2, 0) is 6.42 Å². The highest BCUT2D eigenvalue weighted by Gasteiger charge is 2.24. The van der Waals surface area contributed by atoms with Crippen LogP contribution in [0.2, 0.25) is 5.02 Å². The van der Waals surface area contributed by atoms with Gasteiger partial charge >= 0.3 is 0 Å². The number of carbonyl (C=O) groups is 1. The Morgan fingerprint density at radius 3 is 2.70 bits per heavy atom. The minimum atomic E-state index is -0.0893. The second kappa shape index (κ2) is 8.74. The molecule has 2 heterocycles. The summed E-state index contributed by atoms with van der Waals surface area (Å²) in [4.78, 5) is 16.5. The van der Waals surface area contributed by atoms with Crippen LogP contribution in [0.5, 0.6) is 5.75 Å². The summed E-state index contributed by atoms with van der Waals surface area (Å²) in [5.74, 6) is 0.697. The molecule has 3 aromatic carbocycles. The normalized spacial score (nSPS) is 12.0. The number of carbonyl (C=O) groups excluding carboxylic acids is 1. The number of amides is 1. The summed E-state index contributed by atoms with van der Waals surface area (Å²) < 4.78 is 6.07. The van der Waals surface area contributed by atoms with Crippen LogP contribution in [0.4, 0.5) is 5.69 Å². The Bertz CT molecular complexity index is 1420. The van der Waals surface area contributed by atoms with Crippen molar-refractivity contribution in [2.45, 2.75) is 6.42 Å². The van der Waals surface area contributed by atoms with E-state index in [4.69, 9.17) is 16.3 Å². The van der Waals surface area contributed by atoms with Gasteiger partial charge in [0.15, 0.2) is 0 Å². The molecule has 0 N–H and O–H groups in total. The van der Waals surface area contributed by atoms with Gasteiger partial charge in [-0.1, -0.05) is 41.9 Å². The Hall–Kier alpha value is -3.59. The van der Waals surface area contributed by atoms with Crippen molar-refractivity contribution in [1.82, 2.24) is 0 Å². The van der Waals surface area contributed by atoms with Gasteiger partial charge in [0.25, 0.3) is 5.91 Å². The fourth-order valence-electron chi connectivity index (χ4n) is 3.99. The molecule has 1 aromatic heterocycles. The van der Waals surface area contributed by atoms with E-state index in [0.29, 0.717) is 27.8 Å². The number of nitrogens with zero attached hydrogens (tertiary/aromatic N) is 2. The van der Waals surface area contributed by atoms with Crippen molar-refractivity contribution in [1.29, 1.82) is 5.26 Å². The van der Waals surface area contributed by atoms with Crippen LogP contribution in [0, 0.1) is 11.3 Å². The minimum absolute atomic E-state index is 0.0893. The summed E-state index contributed by atoms with van der Waals surface area (Å²) in [5, 5.41) is 9.75. The van der Waals surface area contributed by atoms with E-state index in [1.807, 2.05) is 60.7 Å². The monoisotopic (exact) mass is 470 g/mol.